The lowest BCUT2D eigenvalue weighted by molar-refractivity contribution is 0.0815. The molecule has 0 spiro atoms. The van der Waals surface area contributed by atoms with E-state index in [0.29, 0.717) is 31.5 Å². The van der Waals surface area contributed by atoms with Crippen LogP contribution in [0.1, 0.15) is 22.5 Å². The van der Waals surface area contributed by atoms with Crippen LogP contribution in [-0.4, -0.2) is 61.2 Å². The third-order valence-corrected chi connectivity index (χ3v) is 7.22. The molecular formula is C22H31N5O3Si. The van der Waals surface area contributed by atoms with Crippen LogP contribution in [0.4, 0.5) is 5.82 Å². The number of nitrogens with zero attached hydrogens (tertiary/aromatic N) is 5. The molecule has 1 amide bonds. The molecule has 0 saturated heterocycles. The second-order valence-electron chi connectivity index (χ2n) is 9.16. The van der Waals surface area contributed by atoms with Crippen molar-refractivity contribution in [1.29, 1.82) is 0 Å². The van der Waals surface area contributed by atoms with Crippen LogP contribution in [-0.2, 0) is 18.0 Å². The highest BCUT2D eigenvalue weighted by molar-refractivity contribution is 6.76. The van der Waals surface area contributed by atoms with Crippen LogP contribution in [0.5, 0.6) is 5.75 Å². The zero-order valence-corrected chi connectivity index (χ0v) is 19.8. The van der Waals surface area contributed by atoms with Crippen molar-refractivity contribution in [3.8, 4) is 5.75 Å². The fourth-order valence-corrected chi connectivity index (χ4v) is 4.50. The smallest absolute Gasteiger partial charge is 0.283 e. The second kappa shape index (κ2) is 8.84. The number of hydrogen-bond acceptors (Lipinski definition) is 6. The molecule has 2 aliphatic heterocycles. The van der Waals surface area contributed by atoms with E-state index in [1.807, 2.05) is 28.8 Å². The van der Waals surface area contributed by atoms with Gasteiger partial charge >= 0.3 is 0 Å². The molecule has 8 nitrogen and oxygen atoms in total. The lowest BCUT2D eigenvalue weighted by atomic mass is 10.1. The summed E-state index contributed by atoms with van der Waals surface area (Å²) in [7, 11) is 0.496. The van der Waals surface area contributed by atoms with E-state index in [-0.39, 0.29) is 5.91 Å². The monoisotopic (exact) mass is 441 g/mol. The molecule has 0 saturated carbocycles. The molecule has 2 aliphatic rings. The zero-order chi connectivity index (χ0) is 22.0. The normalized spacial score (nSPS) is 16.1. The Balaban J connectivity index is 1.56. The lowest BCUT2D eigenvalue weighted by Gasteiger charge is -2.39. The van der Waals surface area contributed by atoms with Gasteiger partial charge in [0.05, 0.1) is 20.0 Å². The zero-order valence-electron chi connectivity index (χ0n) is 18.8. The summed E-state index contributed by atoms with van der Waals surface area (Å²) in [5, 5.41) is 0. The first-order chi connectivity index (χ1) is 14.9. The van der Waals surface area contributed by atoms with Crippen LogP contribution >= 0.6 is 0 Å². The van der Waals surface area contributed by atoms with Gasteiger partial charge in [-0.3, -0.25) is 24.2 Å². The molecule has 0 unspecified atom stereocenters. The molecule has 4 rings (SSSR count). The first kappa shape index (κ1) is 21.6. The van der Waals surface area contributed by atoms with Gasteiger partial charge < -0.3 is 9.47 Å². The average molecular weight is 442 g/mol. The van der Waals surface area contributed by atoms with E-state index >= 15 is 0 Å². The molecular weight excluding hydrogens is 410 g/mol. The Hall–Kier alpha value is -2.65. The van der Waals surface area contributed by atoms with Crippen molar-refractivity contribution in [2.45, 2.75) is 45.4 Å². The van der Waals surface area contributed by atoms with Crippen LogP contribution in [0.15, 0.2) is 35.6 Å². The van der Waals surface area contributed by atoms with Gasteiger partial charge in [-0.25, -0.2) is 4.98 Å². The summed E-state index contributed by atoms with van der Waals surface area (Å²) in [5.74, 6) is 2.16. The van der Waals surface area contributed by atoms with E-state index in [1.54, 1.807) is 18.3 Å². The first-order valence-corrected chi connectivity index (χ1v) is 14.5. The quantitative estimate of drug-likeness (QED) is 0.464. The maximum absolute atomic E-state index is 13.4. The van der Waals surface area contributed by atoms with Crippen LogP contribution in [0.25, 0.3) is 0 Å². The maximum Gasteiger partial charge on any atom is 0.283 e. The van der Waals surface area contributed by atoms with E-state index in [0.717, 1.165) is 42.7 Å². The van der Waals surface area contributed by atoms with Gasteiger partial charge in [-0.1, -0.05) is 31.8 Å². The number of aromatic nitrogens is 2. The van der Waals surface area contributed by atoms with Crippen molar-refractivity contribution >= 4 is 25.8 Å². The molecule has 2 aromatic rings. The van der Waals surface area contributed by atoms with E-state index in [4.69, 9.17) is 14.5 Å². The number of methoxy groups -OCH3 is 1. The Morgan fingerprint density at radius 2 is 1.94 bits per heavy atom. The minimum atomic E-state index is -1.15. The van der Waals surface area contributed by atoms with Gasteiger partial charge in [0.15, 0.2) is 11.5 Å². The maximum atomic E-state index is 13.4. The van der Waals surface area contributed by atoms with Crippen molar-refractivity contribution in [2.75, 3.05) is 31.7 Å². The Labute approximate surface area is 184 Å². The third kappa shape index (κ3) is 4.67. The summed E-state index contributed by atoms with van der Waals surface area (Å²) >= 11 is 0. The second-order valence-corrected chi connectivity index (χ2v) is 14.8. The molecule has 166 valence electrons. The van der Waals surface area contributed by atoms with Crippen LogP contribution in [0.2, 0.25) is 25.7 Å². The molecule has 0 fully saturated rings. The molecule has 3 heterocycles. The Morgan fingerprint density at radius 1 is 1.16 bits per heavy atom. The largest absolute Gasteiger partial charge is 0.497 e. The van der Waals surface area contributed by atoms with Crippen molar-refractivity contribution in [3.63, 3.8) is 0 Å². The number of carbonyl (C=O) groups excluding carboxylic acids is 1. The van der Waals surface area contributed by atoms with Crippen LogP contribution in [0, 0.1) is 0 Å². The molecule has 31 heavy (non-hydrogen) atoms. The molecule has 1 aromatic heterocycles. The standard InChI is InChI=1S/C22H31N5O3Si/c1-29-18-8-6-17(7-9-18)14-27-21(28)19-20(26-11-5-10-23-22(26)27)25(15-24-19)16-30-12-13-31(2,3)4/h6-9,15H,5,10-14,16H2,1-4H3. The Bertz CT molecular complexity index is 965. The number of amides is 1. The van der Waals surface area contributed by atoms with E-state index in [1.165, 1.54) is 0 Å². The van der Waals surface area contributed by atoms with Crippen LogP contribution in [0.3, 0.4) is 0 Å². The number of ether oxygens (including phenoxy) is 2. The van der Waals surface area contributed by atoms with Crippen molar-refractivity contribution < 1.29 is 14.3 Å². The number of rotatable bonds is 8. The minimum Gasteiger partial charge on any atom is -0.497 e. The molecule has 9 heteroatoms. The summed E-state index contributed by atoms with van der Waals surface area (Å²) < 4.78 is 13.1. The van der Waals surface area contributed by atoms with E-state index < -0.39 is 8.07 Å². The van der Waals surface area contributed by atoms with Gasteiger partial charge in [-0.15, -0.1) is 0 Å². The topological polar surface area (TPSA) is 72.2 Å². The van der Waals surface area contributed by atoms with Gasteiger partial charge in [-0.2, -0.15) is 0 Å². The average Bonchev–Trinajstić information content (AvgIpc) is 3.18. The summed E-state index contributed by atoms with van der Waals surface area (Å²) in [5.41, 5.74) is 1.48. The van der Waals surface area contributed by atoms with Gasteiger partial charge in [0.25, 0.3) is 5.91 Å². The Kier molecular flexibility index (Phi) is 6.15. The predicted molar refractivity (Wildman–Crippen MR) is 123 cm³/mol. The number of fused-ring (bicyclic) bond motifs is 3. The number of aliphatic imine (C=N–C) groups is 1. The Morgan fingerprint density at radius 3 is 2.65 bits per heavy atom. The number of benzene rings is 1. The summed E-state index contributed by atoms with van der Waals surface area (Å²) in [6.07, 6.45) is 2.65. The van der Waals surface area contributed by atoms with Crippen molar-refractivity contribution in [1.82, 2.24) is 14.5 Å². The SMILES string of the molecule is COc1ccc(CN2C(=O)c3ncn(COCC[Si](C)(C)C)c3N3CCCN=C23)cc1. The van der Waals surface area contributed by atoms with E-state index in [2.05, 4.69) is 29.5 Å². The molecule has 0 atom stereocenters. The number of hydrogen-bond donors (Lipinski definition) is 0. The highest BCUT2D eigenvalue weighted by Crippen LogP contribution is 2.31. The fourth-order valence-electron chi connectivity index (χ4n) is 3.74. The summed E-state index contributed by atoms with van der Waals surface area (Å²) in [4.78, 5) is 26.4. The number of anilines is 1. The van der Waals surface area contributed by atoms with Gasteiger partial charge in [0.1, 0.15) is 12.5 Å². The van der Waals surface area contributed by atoms with Crippen molar-refractivity contribution in [2.24, 2.45) is 4.99 Å². The van der Waals surface area contributed by atoms with Crippen LogP contribution < -0.4 is 9.64 Å². The van der Waals surface area contributed by atoms with Gasteiger partial charge in [-0.05, 0) is 30.2 Å². The molecule has 0 bridgehead atoms. The molecule has 0 N–H and O–H groups in total. The summed E-state index contributed by atoms with van der Waals surface area (Å²) in [6.45, 7) is 10.1. The lowest BCUT2D eigenvalue weighted by Crippen LogP contribution is -2.54. The fraction of sp³-hybridized carbons (Fsp3) is 0.500. The molecule has 0 aliphatic carbocycles. The highest BCUT2D eigenvalue weighted by Gasteiger charge is 2.39. The number of guanidine groups is 1. The minimum absolute atomic E-state index is 0.122. The summed E-state index contributed by atoms with van der Waals surface area (Å²) in [6, 6.07) is 8.86. The number of imidazole rings is 1. The van der Waals surface area contributed by atoms with Gasteiger partial charge in [0.2, 0.25) is 5.96 Å². The predicted octanol–water partition coefficient (Wildman–Crippen LogP) is 3.43. The molecule has 0 radical (unpaired) electrons. The van der Waals surface area contributed by atoms with Gasteiger partial charge in [0, 0.05) is 27.8 Å². The van der Waals surface area contributed by atoms with E-state index in [9.17, 15) is 4.79 Å². The van der Waals surface area contributed by atoms with Crippen molar-refractivity contribution in [3.05, 3.63) is 41.9 Å². The first-order valence-electron chi connectivity index (χ1n) is 10.8. The highest BCUT2D eigenvalue weighted by atomic mass is 28.3. The number of carbonyl (C=O) groups is 1. The third-order valence-electron chi connectivity index (χ3n) is 5.52. The molecule has 1 aromatic carbocycles.